The van der Waals surface area contributed by atoms with E-state index < -0.39 is 24.0 Å². The minimum Gasteiger partial charge on any atom is -0.481 e. The van der Waals surface area contributed by atoms with Crippen LogP contribution in [0.4, 0.5) is 18.9 Å². The molecule has 29 heavy (non-hydrogen) atoms. The van der Waals surface area contributed by atoms with Gasteiger partial charge in [0.2, 0.25) is 0 Å². The number of amides is 1. The van der Waals surface area contributed by atoms with Crippen molar-refractivity contribution >= 4 is 34.6 Å². The predicted molar refractivity (Wildman–Crippen MR) is 95.3 cm³/mol. The zero-order valence-electron chi connectivity index (χ0n) is 15.0. The van der Waals surface area contributed by atoms with E-state index in [4.69, 9.17) is 20.7 Å². The normalized spacial score (nSPS) is 19.1. The van der Waals surface area contributed by atoms with Gasteiger partial charge in [-0.3, -0.25) is 9.59 Å². The molecule has 0 aliphatic heterocycles. The third kappa shape index (κ3) is 5.59. The number of primary amides is 1. The van der Waals surface area contributed by atoms with Crippen LogP contribution in [0.25, 0.3) is 11.0 Å². The molecule has 6 N–H and O–H groups in total. The fourth-order valence-corrected chi connectivity index (χ4v) is 3.04. The van der Waals surface area contributed by atoms with Gasteiger partial charge >= 0.3 is 18.1 Å². The number of nitrogens with two attached hydrogens (primary N) is 1. The number of fused-ring (bicyclic) bond motifs is 1. The zero-order valence-corrected chi connectivity index (χ0v) is 15.0. The van der Waals surface area contributed by atoms with E-state index in [-0.39, 0.29) is 12.0 Å². The Bertz CT molecular complexity index is 904. The number of rotatable bonds is 4. The largest absolute Gasteiger partial charge is 0.490 e. The number of anilines is 1. The first-order valence-corrected chi connectivity index (χ1v) is 8.56. The highest BCUT2D eigenvalue weighted by Gasteiger charge is 2.38. The Hall–Kier alpha value is -3.31. The molecule has 0 bridgehead atoms. The number of hydrogen-bond acceptors (Lipinski definition) is 5. The van der Waals surface area contributed by atoms with Gasteiger partial charge in [0.05, 0.1) is 17.2 Å². The van der Waals surface area contributed by atoms with Crippen LogP contribution in [0.2, 0.25) is 0 Å². The topological polar surface area (TPSA) is 158 Å². The molecule has 2 aromatic rings. The van der Waals surface area contributed by atoms with Crippen LogP contribution in [0.5, 0.6) is 0 Å². The number of aromatic nitrogens is 2. The second kappa shape index (κ2) is 8.80. The number of H-pyrrole nitrogens is 1. The highest BCUT2D eigenvalue weighted by molar-refractivity contribution is 6.05. The van der Waals surface area contributed by atoms with Gasteiger partial charge in [-0.25, -0.2) is 9.78 Å². The summed E-state index contributed by atoms with van der Waals surface area (Å²) in [4.78, 5) is 38.7. The molecule has 1 aliphatic carbocycles. The van der Waals surface area contributed by atoms with E-state index >= 15 is 0 Å². The van der Waals surface area contributed by atoms with Crippen LogP contribution in [0.15, 0.2) is 18.5 Å². The molecule has 0 spiro atoms. The van der Waals surface area contributed by atoms with Crippen LogP contribution in [-0.2, 0) is 9.59 Å². The van der Waals surface area contributed by atoms with Gasteiger partial charge in [-0.2, -0.15) is 13.2 Å². The van der Waals surface area contributed by atoms with Gasteiger partial charge in [0.15, 0.2) is 0 Å². The highest BCUT2D eigenvalue weighted by atomic mass is 19.4. The number of nitrogens with one attached hydrogen (secondary N) is 2. The first-order chi connectivity index (χ1) is 13.5. The second-order valence-corrected chi connectivity index (χ2v) is 6.49. The van der Waals surface area contributed by atoms with E-state index in [1.165, 1.54) is 6.20 Å². The maximum absolute atomic E-state index is 11.6. The molecule has 3 rings (SSSR count). The summed E-state index contributed by atoms with van der Waals surface area (Å²) in [6.45, 7) is 0. The molecule has 1 amide bonds. The van der Waals surface area contributed by atoms with Gasteiger partial charge in [0.1, 0.15) is 5.65 Å². The zero-order chi connectivity index (χ0) is 21.8. The maximum Gasteiger partial charge on any atom is 0.490 e. The van der Waals surface area contributed by atoms with E-state index in [0.717, 1.165) is 18.2 Å². The summed E-state index contributed by atoms with van der Waals surface area (Å²) >= 11 is 0. The molecule has 0 atom stereocenters. The number of aliphatic carboxylic acids is 2. The summed E-state index contributed by atoms with van der Waals surface area (Å²) in [5.41, 5.74) is 7.15. The molecular formula is C17H19F3N4O5. The summed E-state index contributed by atoms with van der Waals surface area (Å²) < 4.78 is 31.7. The van der Waals surface area contributed by atoms with Crippen LogP contribution in [0.3, 0.4) is 0 Å². The molecule has 0 unspecified atom stereocenters. The summed E-state index contributed by atoms with van der Waals surface area (Å²) in [7, 11) is 0. The molecular weight excluding hydrogens is 397 g/mol. The number of nitrogens with zero attached hydrogens (tertiary/aromatic N) is 1. The SMILES string of the molecule is NC(=O)c1cnc2[nH]ccc2c1NC1CCC(C(=O)O)CC1.O=C(O)C(F)(F)F. The Morgan fingerprint density at radius 1 is 1.17 bits per heavy atom. The maximum atomic E-state index is 11.6. The molecule has 9 nitrogen and oxygen atoms in total. The summed E-state index contributed by atoms with van der Waals surface area (Å²) in [6, 6.07) is 1.98. The van der Waals surface area contributed by atoms with Crippen LogP contribution >= 0.6 is 0 Å². The molecule has 0 radical (unpaired) electrons. The lowest BCUT2D eigenvalue weighted by molar-refractivity contribution is -0.192. The van der Waals surface area contributed by atoms with Crippen molar-refractivity contribution in [2.45, 2.75) is 37.9 Å². The van der Waals surface area contributed by atoms with Crippen molar-refractivity contribution < 1.29 is 37.8 Å². The van der Waals surface area contributed by atoms with Crippen LogP contribution in [-0.4, -0.2) is 50.2 Å². The molecule has 2 heterocycles. The van der Waals surface area contributed by atoms with Crippen molar-refractivity contribution in [1.29, 1.82) is 0 Å². The van der Waals surface area contributed by atoms with Gasteiger partial charge in [-0.15, -0.1) is 0 Å². The average Bonchev–Trinajstić information content (AvgIpc) is 3.11. The third-order valence-corrected chi connectivity index (χ3v) is 4.52. The molecule has 0 saturated heterocycles. The summed E-state index contributed by atoms with van der Waals surface area (Å²) in [5.74, 6) is -4.28. The smallest absolute Gasteiger partial charge is 0.481 e. The molecule has 158 valence electrons. The summed E-state index contributed by atoms with van der Waals surface area (Å²) in [5, 5.41) is 20.4. The van der Waals surface area contributed by atoms with Crippen LogP contribution < -0.4 is 11.1 Å². The second-order valence-electron chi connectivity index (χ2n) is 6.49. The Morgan fingerprint density at radius 3 is 2.24 bits per heavy atom. The van der Waals surface area contributed by atoms with Crippen molar-refractivity contribution in [2.24, 2.45) is 11.7 Å². The molecule has 1 saturated carbocycles. The molecule has 1 aliphatic rings. The number of pyridine rings is 1. The van der Waals surface area contributed by atoms with E-state index in [0.29, 0.717) is 29.7 Å². The number of carbonyl (C=O) groups is 3. The number of alkyl halides is 3. The number of halogens is 3. The predicted octanol–water partition coefficient (Wildman–Crippen LogP) is 2.35. The number of carboxylic acids is 2. The van der Waals surface area contributed by atoms with Crippen molar-refractivity contribution in [1.82, 2.24) is 9.97 Å². The van der Waals surface area contributed by atoms with Gasteiger partial charge < -0.3 is 26.2 Å². The monoisotopic (exact) mass is 416 g/mol. The fraction of sp³-hybridized carbons (Fsp3) is 0.412. The van der Waals surface area contributed by atoms with Gasteiger partial charge in [-0.05, 0) is 31.7 Å². The Labute approximate surface area is 162 Å². The van der Waals surface area contributed by atoms with E-state index in [2.05, 4.69) is 15.3 Å². The Balaban J connectivity index is 0.000000370. The lowest BCUT2D eigenvalue weighted by Gasteiger charge is -2.28. The van der Waals surface area contributed by atoms with Gasteiger partial charge in [0.25, 0.3) is 5.91 Å². The summed E-state index contributed by atoms with van der Waals surface area (Å²) in [6.07, 6.45) is 0.925. The molecule has 12 heteroatoms. The minimum atomic E-state index is -5.08. The number of hydrogen-bond donors (Lipinski definition) is 5. The quantitative estimate of drug-likeness (QED) is 0.512. The lowest BCUT2D eigenvalue weighted by Crippen LogP contribution is -2.30. The first kappa shape index (κ1) is 22.0. The molecule has 0 aromatic carbocycles. The Morgan fingerprint density at radius 2 is 1.76 bits per heavy atom. The van der Waals surface area contributed by atoms with Crippen molar-refractivity contribution in [2.75, 3.05) is 5.32 Å². The standard InChI is InChI=1S/C15H18N4O3.C2HF3O2/c16-13(20)11-7-18-14-10(5-6-17-14)12(11)19-9-3-1-8(2-4-9)15(21)22;3-2(4,5)1(6)7/h5-9H,1-4H2,(H2,16,20)(H,21,22)(H2,17,18,19);(H,6,7). The first-order valence-electron chi connectivity index (χ1n) is 8.56. The number of aromatic amines is 1. The fourth-order valence-electron chi connectivity index (χ4n) is 3.04. The van der Waals surface area contributed by atoms with Crippen molar-refractivity contribution in [3.63, 3.8) is 0 Å². The average molecular weight is 416 g/mol. The Kier molecular flexibility index (Phi) is 6.67. The van der Waals surface area contributed by atoms with Crippen molar-refractivity contribution in [3.8, 4) is 0 Å². The molecule has 1 fully saturated rings. The van der Waals surface area contributed by atoms with Crippen LogP contribution in [0, 0.1) is 5.92 Å². The van der Waals surface area contributed by atoms with Gasteiger partial charge in [0, 0.05) is 23.8 Å². The minimum absolute atomic E-state index is 0.134. The number of carbonyl (C=O) groups excluding carboxylic acids is 1. The van der Waals surface area contributed by atoms with E-state index in [1.807, 2.05) is 6.07 Å². The van der Waals surface area contributed by atoms with Crippen LogP contribution in [0.1, 0.15) is 36.0 Å². The number of carboxylic acid groups (broad SMARTS) is 2. The van der Waals surface area contributed by atoms with Gasteiger partial charge in [-0.1, -0.05) is 0 Å². The lowest BCUT2D eigenvalue weighted by atomic mass is 9.86. The van der Waals surface area contributed by atoms with Crippen molar-refractivity contribution in [3.05, 3.63) is 24.0 Å². The van der Waals surface area contributed by atoms with E-state index in [1.54, 1.807) is 6.20 Å². The molecule has 2 aromatic heterocycles. The van der Waals surface area contributed by atoms with E-state index in [9.17, 15) is 22.8 Å². The highest BCUT2D eigenvalue weighted by Crippen LogP contribution is 2.31. The third-order valence-electron chi connectivity index (χ3n) is 4.52.